The smallest absolute Gasteiger partial charge is 0.175 e. The average Bonchev–Trinajstić information content (AvgIpc) is 2.41. The molecule has 0 saturated carbocycles. The van der Waals surface area contributed by atoms with Crippen molar-refractivity contribution in [3.05, 3.63) is 57.0 Å². The van der Waals surface area contributed by atoms with Gasteiger partial charge in [-0.2, -0.15) is 0 Å². The number of ether oxygens (including phenoxy) is 1. The lowest BCUT2D eigenvalue weighted by molar-refractivity contribution is 0.318. The number of nitrogens with two attached hydrogens (primary N) is 1. The lowest BCUT2D eigenvalue weighted by Crippen LogP contribution is -2.14. The van der Waals surface area contributed by atoms with Gasteiger partial charge in [-0.3, -0.25) is 0 Å². The molecule has 20 heavy (non-hydrogen) atoms. The Labute approximate surface area is 129 Å². The Bertz CT molecular complexity index is 674. The van der Waals surface area contributed by atoms with Crippen LogP contribution in [0.15, 0.2) is 46.0 Å². The van der Waals surface area contributed by atoms with E-state index in [4.69, 9.17) is 27.3 Å². The van der Waals surface area contributed by atoms with Crippen LogP contribution in [0.1, 0.15) is 11.1 Å². The van der Waals surface area contributed by atoms with Gasteiger partial charge in [0.1, 0.15) is 11.5 Å². The summed E-state index contributed by atoms with van der Waals surface area (Å²) in [4.78, 5) is 0. The zero-order valence-corrected chi connectivity index (χ0v) is 12.9. The van der Waals surface area contributed by atoms with Crippen molar-refractivity contribution in [2.75, 3.05) is 0 Å². The normalized spacial score (nSPS) is 11.4. The van der Waals surface area contributed by atoms with Crippen LogP contribution in [-0.2, 0) is 0 Å². The van der Waals surface area contributed by atoms with E-state index in [0.29, 0.717) is 22.1 Å². The minimum absolute atomic E-state index is 0.103. The molecule has 6 heteroatoms. The SMILES string of the molecule is Cc1ccc(Oc2cccc(Cl)c2C(N)=NO)c(Br)c1. The van der Waals surface area contributed by atoms with Gasteiger partial charge in [0.2, 0.25) is 0 Å². The second kappa shape index (κ2) is 6.15. The van der Waals surface area contributed by atoms with E-state index >= 15 is 0 Å². The molecule has 0 spiro atoms. The molecule has 3 N–H and O–H groups in total. The van der Waals surface area contributed by atoms with Crippen molar-refractivity contribution >= 4 is 33.4 Å². The quantitative estimate of drug-likeness (QED) is 0.373. The molecular formula is C14H12BrClN2O2. The van der Waals surface area contributed by atoms with Crippen molar-refractivity contribution < 1.29 is 9.94 Å². The molecular weight excluding hydrogens is 344 g/mol. The minimum Gasteiger partial charge on any atom is -0.455 e. The highest BCUT2D eigenvalue weighted by atomic mass is 79.9. The Morgan fingerprint density at radius 2 is 2.05 bits per heavy atom. The van der Waals surface area contributed by atoms with Crippen LogP contribution in [0.4, 0.5) is 0 Å². The van der Waals surface area contributed by atoms with Crippen LogP contribution in [0.3, 0.4) is 0 Å². The van der Waals surface area contributed by atoms with Crippen LogP contribution in [0.25, 0.3) is 0 Å². The number of aryl methyl sites for hydroxylation is 1. The molecule has 2 rings (SSSR count). The van der Waals surface area contributed by atoms with Crippen LogP contribution in [-0.4, -0.2) is 11.0 Å². The van der Waals surface area contributed by atoms with Gasteiger partial charge in [0, 0.05) is 0 Å². The molecule has 2 aromatic carbocycles. The molecule has 104 valence electrons. The van der Waals surface area contributed by atoms with E-state index in [2.05, 4.69) is 21.1 Å². The van der Waals surface area contributed by atoms with E-state index in [-0.39, 0.29) is 5.84 Å². The third kappa shape index (κ3) is 3.05. The summed E-state index contributed by atoms with van der Waals surface area (Å²) in [7, 11) is 0. The zero-order chi connectivity index (χ0) is 14.7. The predicted molar refractivity (Wildman–Crippen MR) is 82.9 cm³/mol. The molecule has 0 radical (unpaired) electrons. The number of rotatable bonds is 3. The molecule has 0 aliphatic carbocycles. The number of nitrogens with zero attached hydrogens (tertiary/aromatic N) is 1. The van der Waals surface area contributed by atoms with Crippen molar-refractivity contribution in [2.24, 2.45) is 10.9 Å². The van der Waals surface area contributed by atoms with E-state index in [0.717, 1.165) is 10.0 Å². The lowest BCUT2D eigenvalue weighted by Gasteiger charge is -2.13. The van der Waals surface area contributed by atoms with Crippen molar-refractivity contribution in [2.45, 2.75) is 6.92 Å². The molecule has 0 atom stereocenters. The third-order valence-corrected chi connectivity index (χ3v) is 3.58. The van der Waals surface area contributed by atoms with E-state index in [1.54, 1.807) is 18.2 Å². The first-order valence-electron chi connectivity index (χ1n) is 5.73. The number of amidine groups is 1. The Morgan fingerprint density at radius 1 is 1.30 bits per heavy atom. The molecule has 0 aliphatic rings. The van der Waals surface area contributed by atoms with Crippen LogP contribution in [0.5, 0.6) is 11.5 Å². The maximum atomic E-state index is 8.83. The van der Waals surface area contributed by atoms with Gasteiger partial charge < -0.3 is 15.7 Å². The first-order valence-corrected chi connectivity index (χ1v) is 6.90. The fourth-order valence-electron chi connectivity index (χ4n) is 1.70. The Hall–Kier alpha value is -1.72. The molecule has 2 aromatic rings. The summed E-state index contributed by atoms with van der Waals surface area (Å²) in [5.74, 6) is 0.927. The first-order chi connectivity index (χ1) is 9.52. The van der Waals surface area contributed by atoms with Gasteiger partial charge in [0.15, 0.2) is 5.84 Å². The maximum absolute atomic E-state index is 8.83. The molecule has 0 unspecified atom stereocenters. The fourth-order valence-corrected chi connectivity index (χ4v) is 2.53. The van der Waals surface area contributed by atoms with Crippen molar-refractivity contribution in [1.82, 2.24) is 0 Å². The van der Waals surface area contributed by atoms with Crippen molar-refractivity contribution in [3.63, 3.8) is 0 Å². The Morgan fingerprint density at radius 3 is 2.70 bits per heavy atom. The third-order valence-electron chi connectivity index (χ3n) is 2.65. The number of oxime groups is 1. The molecule has 0 bridgehead atoms. The van der Waals surface area contributed by atoms with Crippen LogP contribution < -0.4 is 10.5 Å². The van der Waals surface area contributed by atoms with Crippen molar-refractivity contribution in [3.8, 4) is 11.5 Å². The van der Waals surface area contributed by atoms with Gasteiger partial charge in [0.05, 0.1) is 15.1 Å². The number of hydrogen-bond donors (Lipinski definition) is 2. The molecule has 0 fully saturated rings. The molecule has 4 nitrogen and oxygen atoms in total. The summed E-state index contributed by atoms with van der Waals surface area (Å²) < 4.78 is 6.60. The van der Waals surface area contributed by atoms with Gasteiger partial charge in [-0.1, -0.05) is 28.9 Å². The lowest BCUT2D eigenvalue weighted by atomic mass is 10.2. The number of benzene rings is 2. The summed E-state index contributed by atoms with van der Waals surface area (Å²) >= 11 is 9.50. The number of hydrogen-bond acceptors (Lipinski definition) is 3. The highest BCUT2D eigenvalue weighted by Crippen LogP contribution is 2.34. The Kier molecular flexibility index (Phi) is 4.52. The van der Waals surface area contributed by atoms with E-state index in [1.165, 1.54) is 0 Å². The van der Waals surface area contributed by atoms with Gasteiger partial charge in [-0.15, -0.1) is 0 Å². The molecule has 0 aromatic heterocycles. The summed E-state index contributed by atoms with van der Waals surface area (Å²) in [6.45, 7) is 1.98. The minimum atomic E-state index is -0.103. The highest BCUT2D eigenvalue weighted by Gasteiger charge is 2.14. The van der Waals surface area contributed by atoms with E-state index in [9.17, 15) is 0 Å². The van der Waals surface area contributed by atoms with E-state index in [1.807, 2.05) is 25.1 Å². The van der Waals surface area contributed by atoms with Crippen molar-refractivity contribution in [1.29, 1.82) is 0 Å². The molecule has 0 amide bonds. The van der Waals surface area contributed by atoms with Gasteiger partial charge >= 0.3 is 0 Å². The van der Waals surface area contributed by atoms with Gasteiger partial charge in [0.25, 0.3) is 0 Å². The van der Waals surface area contributed by atoms with Crippen LogP contribution >= 0.6 is 27.5 Å². The van der Waals surface area contributed by atoms with Crippen LogP contribution in [0, 0.1) is 6.92 Å². The molecule has 0 heterocycles. The largest absolute Gasteiger partial charge is 0.455 e. The standard InChI is InChI=1S/C14H12BrClN2O2/c1-8-5-6-11(9(15)7-8)20-12-4-2-3-10(16)13(12)14(17)18-19/h2-7,19H,1H3,(H2,17,18). The van der Waals surface area contributed by atoms with E-state index < -0.39 is 0 Å². The monoisotopic (exact) mass is 354 g/mol. The maximum Gasteiger partial charge on any atom is 0.175 e. The molecule has 0 aliphatic heterocycles. The fraction of sp³-hybridized carbons (Fsp3) is 0.0714. The highest BCUT2D eigenvalue weighted by molar-refractivity contribution is 9.10. The van der Waals surface area contributed by atoms with Gasteiger partial charge in [-0.05, 0) is 52.7 Å². The summed E-state index contributed by atoms with van der Waals surface area (Å²) in [6, 6.07) is 10.8. The average molecular weight is 356 g/mol. The summed E-state index contributed by atoms with van der Waals surface area (Å²) in [5, 5.41) is 12.2. The predicted octanol–water partition coefficient (Wildman–Crippen LogP) is 4.30. The molecule has 0 saturated heterocycles. The van der Waals surface area contributed by atoms with Crippen LogP contribution in [0.2, 0.25) is 5.02 Å². The zero-order valence-electron chi connectivity index (χ0n) is 10.6. The van der Waals surface area contributed by atoms with Gasteiger partial charge in [-0.25, -0.2) is 0 Å². The first kappa shape index (κ1) is 14.7. The Balaban J connectivity index is 2.46. The summed E-state index contributed by atoms with van der Waals surface area (Å²) in [6.07, 6.45) is 0. The second-order valence-corrected chi connectivity index (χ2v) is 5.40. The summed E-state index contributed by atoms with van der Waals surface area (Å²) in [5.41, 5.74) is 7.09. The number of halogens is 2. The topological polar surface area (TPSA) is 67.8 Å². The second-order valence-electron chi connectivity index (χ2n) is 4.13.